The monoisotopic (exact) mass is 606 g/mol. The Morgan fingerprint density at radius 3 is 2.55 bits per heavy atom. The summed E-state index contributed by atoms with van der Waals surface area (Å²) in [6.45, 7) is 2.31. The molecule has 162 valence electrons. The molecule has 6 nitrogen and oxygen atoms in total. The molecule has 1 amide bonds. The number of benzene rings is 1. The molecule has 0 N–H and O–H groups in total. The smallest absolute Gasteiger partial charge is 0.277 e. The Morgan fingerprint density at radius 2 is 1.90 bits per heavy atom. The van der Waals surface area contributed by atoms with Gasteiger partial charge in [0.25, 0.3) is 11.1 Å². The molecule has 0 bridgehead atoms. The van der Waals surface area contributed by atoms with E-state index in [2.05, 4.69) is 41.9 Å². The summed E-state index contributed by atoms with van der Waals surface area (Å²) in [5, 5.41) is 4.13. The van der Waals surface area contributed by atoms with Gasteiger partial charge in [-0.2, -0.15) is 5.10 Å². The molecule has 1 aromatic carbocycles. The van der Waals surface area contributed by atoms with Gasteiger partial charge < -0.3 is 4.90 Å². The van der Waals surface area contributed by atoms with E-state index in [4.69, 9.17) is 34.8 Å². The Labute approximate surface area is 210 Å². The van der Waals surface area contributed by atoms with E-state index in [1.165, 1.54) is 15.6 Å². The molecular formula is C20H15Br2Cl3N4O2. The van der Waals surface area contributed by atoms with Crippen LogP contribution < -0.4 is 4.90 Å². The highest BCUT2D eigenvalue weighted by molar-refractivity contribution is 9.10. The Kier molecular flexibility index (Phi) is 8.15. The SMILES string of the molecule is CCCCN(C(=O)c1cc(Br)nn1-c1ncccc1Cl)c1c(Cl)cc(Br)cc1C(=O)Cl. The summed E-state index contributed by atoms with van der Waals surface area (Å²) in [5.41, 5.74) is 0.543. The summed E-state index contributed by atoms with van der Waals surface area (Å²) in [6.07, 6.45) is 3.04. The van der Waals surface area contributed by atoms with Crippen molar-refractivity contribution in [3.63, 3.8) is 0 Å². The van der Waals surface area contributed by atoms with Gasteiger partial charge in [0.1, 0.15) is 10.3 Å². The van der Waals surface area contributed by atoms with E-state index in [9.17, 15) is 9.59 Å². The van der Waals surface area contributed by atoms with E-state index >= 15 is 0 Å². The van der Waals surface area contributed by atoms with Gasteiger partial charge in [0.15, 0.2) is 5.82 Å². The standard InChI is InChI=1S/C20H15Br2Cl3N4O2/c1-2-3-7-28(17-12(18(25)30)8-11(21)9-14(17)24)20(31)15-10-16(22)27-29(15)19-13(23)5-4-6-26-19/h4-6,8-10H,2-3,7H2,1H3. The molecule has 0 saturated carbocycles. The summed E-state index contributed by atoms with van der Waals surface area (Å²) >= 11 is 25.2. The first-order chi connectivity index (χ1) is 14.7. The molecule has 2 aromatic heterocycles. The lowest BCUT2D eigenvalue weighted by Gasteiger charge is -2.26. The van der Waals surface area contributed by atoms with Crippen molar-refractivity contribution in [3.8, 4) is 5.82 Å². The van der Waals surface area contributed by atoms with Gasteiger partial charge in [0.05, 0.1) is 21.3 Å². The number of carbonyl (C=O) groups excluding carboxylic acids is 2. The van der Waals surface area contributed by atoms with Crippen molar-refractivity contribution in [2.75, 3.05) is 11.4 Å². The molecule has 0 aliphatic carbocycles. The zero-order valence-corrected chi connectivity index (χ0v) is 21.5. The number of amides is 1. The number of rotatable bonds is 7. The first kappa shape index (κ1) is 24.2. The predicted octanol–water partition coefficient (Wildman–Crippen LogP) is 6.93. The first-order valence-electron chi connectivity index (χ1n) is 9.11. The summed E-state index contributed by atoms with van der Waals surface area (Å²) < 4.78 is 2.34. The molecule has 0 spiro atoms. The Hall–Kier alpha value is -1.45. The van der Waals surface area contributed by atoms with Gasteiger partial charge in [-0.05, 0) is 58.2 Å². The van der Waals surface area contributed by atoms with Gasteiger partial charge in [0, 0.05) is 23.3 Å². The number of aromatic nitrogens is 3. The highest BCUT2D eigenvalue weighted by atomic mass is 79.9. The molecule has 0 unspecified atom stereocenters. The van der Waals surface area contributed by atoms with Crippen molar-refractivity contribution in [2.24, 2.45) is 0 Å². The maximum Gasteiger partial charge on any atom is 0.277 e. The minimum Gasteiger partial charge on any atom is -0.305 e. The molecule has 0 aliphatic rings. The van der Waals surface area contributed by atoms with Gasteiger partial charge >= 0.3 is 0 Å². The van der Waals surface area contributed by atoms with Crippen LogP contribution >= 0.6 is 66.7 Å². The molecule has 0 aliphatic heterocycles. The Balaban J connectivity index is 2.19. The van der Waals surface area contributed by atoms with Gasteiger partial charge in [-0.25, -0.2) is 9.67 Å². The summed E-state index contributed by atoms with van der Waals surface area (Å²) in [5.74, 6) is -0.138. The van der Waals surface area contributed by atoms with Crippen LogP contribution in [-0.2, 0) is 0 Å². The topological polar surface area (TPSA) is 68.1 Å². The number of nitrogens with zero attached hydrogens (tertiary/aromatic N) is 4. The normalized spacial score (nSPS) is 10.9. The van der Waals surface area contributed by atoms with Gasteiger partial charge in [-0.15, -0.1) is 0 Å². The van der Waals surface area contributed by atoms with E-state index < -0.39 is 11.1 Å². The second-order valence-electron chi connectivity index (χ2n) is 6.44. The van der Waals surface area contributed by atoms with E-state index in [0.29, 0.717) is 32.9 Å². The van der Waals surface area contributed by atoms with Crippen LogP contribution in [0.1, 0.15) is 40.6 Å². The third-order valence-corrected chi connectivity index (χ3v) is 5.96. The second kappa shape index (κ2) is 10.4. The predicted molar refractivity (Wildman–Crippen MR) is 130 cm³/mol. The minimum absolute atomic E-state index is 0.117. The molecule has 11 heteroatoms. The van der Waals surface area contributed by atoms with Gasteiger partial charge in [0.2, 0.25) is 0 Å². The van der Waals surface area contributed by atoms with Gasteiger partial charge in [-0.3, -0.25) is 9.59 Å². The second-order valence-corrected chi connectivity index (χ2v) is 9.33. The molecule has 3 aromatic rings. The summed E-state index contributed by atoms with van der Waals surface area (Å²) in [6, 6.07) is 8.03. The highest BCUT2D eigenvalue weighted by Crippen LogP contribution is 2.36. The van der Waals surface area contributed by atoms with Crippen LogP contribution in [0.3, 0.4) is 0 Å². The minimum atomic E-state index is -0.727. The molecular weight excluding hydrogens is 594 g/mol. The lowest BCUT2D eigenvalue weighted by Crippen LogP contribution is -2.35. The van der Waals surface area contributed by atoms with E-state index in [0.717, 1.165) is 6.42 Å². The number of anilines is 1. The molecule has 2 heterocycles. The average Bonchev–Trinajstić information content (AvgIpc) is 3.10. The first-order valence-corrected chi connectivity index (χ1v) is 11.8. The largest absolute Gasteiger partial charge is 0.305 e. The zero-order valence-electron chi connectivity index (χ0n) is 16.1. The van der Waals surface area contributed by atoms with Crippen LogP contribution in [0, 0.1) is 0 Å². The van der Waals surface area contributed by atoms with Crippen molar-refractivity contribution >= 4 is 83.5 Å². The third kappa shape index (κ3) is 5.31. The fourth-order valence-corrected chi connectivity index (χ4v) is 4.59. The van der Waals surface area contributed by atoms with E-state index in [1.54, 1.807) is 30.5 Å². The summed E-state index contributed by atoms with van der Waals surface area (Å²) in [4.78, 5) is 31.5. The lowest BCUT2D eigenvalue weighted by atomic mass is 10.1. The Bertz CT molecular complexity index is 1150. The highest BCUT2D eigenvalue weighted by Gasteiger charge is 2.29. The number of unbranched alkanes of at least 4 members (excludes halogenated alkanes) is 1. The number of hydrogen-bond acceptors (Lipinski definition) is 4. The molecule has 0 saturated heterocycles. The quantitative estimate of drug-likeness (QED) is 0.273. The molecule has 0 atom stereocenters. The molecule has 0 radical (unpaired) electrons. The van der Waals surface area contributed by atoms with Crippen LogP contribution in [0.25, 0.3) is 5.82 Å². The van der Waals surface area contributed by atoms with Crippen molar-refractivity contribution in [1.82, 2.24) is 14.8 Å². The average molecular weight is 610 g/mol. The molecule has 0 fully saturated rings. The van der Waals surface area contributed by atoms with E-state index in [1.807, 2.05) is 6.92 Å². The summed E-state index contributed by atoms with van der Waals surface area (Å²) in [7, 11) is 0. The van der Waals surface area contributed by atoms with Crippen molar-refractivity contribution in [1.29, 1.82) is 0 Å². The fraction of sp³-hybridized carbons (Fsp3) is 0.200. The fourth-order valence-electron chi connectivity index (χ4n) is 2.96. The molecule has 31 heavy (non-hydrogen) atoms. The number of hydrogen-bond donors (Lipinski definition) is 0. The van der Waals surface area contributed by atoms with Gasteiger partial charge in [-0.1, -0.05) is 52.5 Å². The van der Waals surface area contributed by atoms with Crippen LogP contribution in [0.2, 0.25) is 10.0 Å². The lowest BCUT2D eigenvalue weighted by molar-refractivity contribution is 0.0979. The van der Waals surface area contributed by atoms with Crippen molar-refractivity contribution in [3.05, 3.63) is 66.9 Å². The van der Waals surface area contributed by atoms with Crippen LogP contribution in [-0.4, -0.2) is 32.5 Å². The zero-order chi connectivity index (χ0) is 22.7. The number of carbonyl (C=O) groups is 2. The molecule has 3 rings (SSSR count). The Morgan fingerprint density at radius 1 is 1.16 bits per heavy atom. The van der Waals surface area contributed by atoms with Crippen LogP contribution in [0.4, 0.5) is 5.69 Å². The van der Waals surface area contributed by atoms with E-state index in [-0.39, 0.29) is 22.0 Å². The maximum absolute atomic E-state index is 13.7. The van der Waals surface area contributed by atoms with Crippen molar-refractivity contribution in [2.45, 2.75) is 19.8 Å². The van der Waals surface area contributed by atoms with Crippen molar-refractivity contribution < 1.29 is 9.59 Å². The van der Waals surface area contributed by atoms with Crippen LogP contribution in [0.15, 0.2) is 45.6 Å². The number of halogens is 5. The third-order valence-electron chi connectivity index (χ3n) is 4.33. The maximum atomic E-state index is 13.7. The number of pyridine rings is 1. The van der Waals surface area contributed by atoms with Crippen LogP contribution in [0.5, 0.6) is 0 Å².